The minimum Gasteiger partial charge on any atom is -0.381 e. The van der Waals surface area contributed by atoms with Crippen LogP contribution in [-0.4, -0.2) is 29.0 Å². The maximum atomic E-state index is 12.7. The highest BCUT2D eigenvalue weighted by Gasteiger charge is 2.19. The molecule has 26 heavy (non-hydrogen) atoms. The largest absolute Gasteiger partial charge is 0.381 e. The second-order valence-electron chi connectivity index (χ2n) is 7.19. The highest BCUT2D eigenvalue weighted by atomic mass is 35.5. The topological polar surface area (TPSA) is 56.1 Å². The van der Waals surface area contributed by atoms with E-state index in [4.69, 9.17) is 16.3 Å². The van der Waals surface area contributed by atoms with Gasteiger partial charge in [-0.25, -0.2) is 0 Å². The van der Waals surface area contributed by atoms with Crippen molar-refractivity contribution in [2.75, 3.05) is 18.5 Å². The molecule has 0 spiro atoms. The van der Waals surface area contributed by atoms with Crippen LogP contribution >= 0.6 is 11.6 Å². The molecule has 0 bridgehead atoms. The van der Waals surface area contributed by atoms with Crippen LogP contribution in [0.2, 0.25) is 5.02 Å². The van der Waals surface area contributed by atoms with Crippen LogP contribution in [0.15, 0.2) is 35.3 Å². The van der Waals surface area contributed by atoms with Crippen molar-refractivity contribution in [3.8, 4) is 5.69 Å². The molecule has 1 aliphatic carbocycles. The molecule has 0 radical (unpaired) electrons. The molecular formula is C20H24ClN3O2. The number of nitrogens with zero attached hydrogens (tertiary/aromatic N) is 2. The van der Waals surface area contributed by atoms with E-state index in [1.54, 1.807) is 6.20 Å². The normalized spacial score (nSPS) is 19.0. The van der Waals surface area contributed by atoms with Gasteiger partial charge in [-0.15, -0.1) is 0 Å². The highest BCUT2D eigenvalue weighted by molar-refractivity contribution is 6.32. The third kappa shape index (κ3) is 3.64. The summed E-state index contributed by atoms with van der Waals surface area (Å²) in [5.74, 6) is 0.656. The first-order valence-corrected chi connectivity index (χ1v) is 9.82. The first-order valence-electron chi connectivity index (χ1n) is 9.45. The summed E-state index contributed by atoms with van der Waals surface area (Å²) in [6.07, 6.45) is 8.59. The average Bonchev–Trinajstić information content (AvgIpc) is 3.22. The molecule has 1 aliphatic heterocycles. The molecule has 5 nitrogen and oxygen atoms in total. The van der Waals surface area contributed by atoms with Gasteiger partial charge in [0.05, 0.1) is 17.6 Å². The fraction of sp³-hybridized carbons (Fsp3) is 0.500. The molecule has 4 rings (SSSR count). The lowest BCUT2D eigenvalue weighted by molar-refractivity contribution is 0.0904. The lowest BCUT2D eigenvalue weighted by Crippen LogP contribution is -2.30. The van der Waals surface area contributed by atoms with Crippen LogP contribution in [0.4, 0.5) is 5.69 Å². The van der Waals surface area contributed by atoms with Crippen LogP contribution < -0.4 is 10.9 Å². The zero-order chi connectivity index (χ0) is 17.9. The first-order chi connectivity index (χ1) is 12.7. The van der Waals surface area contributed by atoms with Gasteiger partial charge in [0, 0.05) is 19.3 Å². The van der Waals surface area contributed by atoms with Crippen molar-refractivity contribution >= 4 is 17.3 Å². The van der Waals surface area contributed by atoms with Gasteiger partial charge in [-0.2, -0.15) is 9.78 Å². The Morgan fingerprint density at radius 3 is 2.46 bits per heavy atom. The molecule has 0 atom stereocenters. The second kappa shape index (κ2) is 7.80. The van der Waals surface area contributed by atoms with E-state index in [1.165, 1.54) is 35.9 Å². The summed E-state index contributed by atoms with van der Waals surface area (Å²) in [7, 11) is 0. The molecule has 1 aromatic heterocycles. The average molecular weight is 374 g/mol. The van der Waals surface area contributed by atoms with E-state index in [2.05, 4.69) is 22.5 Å². The van der Waals surface area contributed by atoms with E-state index in [1.807, 2.05) is 12.1 Å². The SMILES string of the molecule is O=c1c(Cl)c(NC2CCOCC2)cnn1-c1ccc(C2CCCC2)cc1. The zero-order valence-corrected chi connectivity index (χ0v) is 15.5. The molecule has 138 valence electrons. The minimum atomic E-state index is -0.294. The monoisotopic (exact) mass is 373 g/mol. The number of hydrogen-bond donors (Lipinski definition) is 1. The third-order valence-electron chi connectivity index (χ3n) is 5.46. The molecule has 0 amide bonds. The standard InChI is InChI=1S/C20H24ClN3O2/c21-19-18(23-16-9-11-26-12-10-16)13-22-24(20(19)25)17-7-5-15(6-8-17)14-3-1-2-4-14/h5-8,13-14,16,23H,1-4,9-12H2. The number of hydrogen-bond acceptors (Lipinski definition) is 4. The van der Waals surface area contributed by atoms with Gasteiger partial charge in [0.1, 0.15) is 5.02 Å². The lowest BCUT2D eigenvalue weighted by Gasteiger charge is -2.24. The van der Waals surface area contributed by atoms with Gasteiger partial charge in [-0.3, -0.25) is 4.79 Å². The van der Waals surface area contributed by atoms with Crippen molar-refractivity contribution in [1.82, 2.24) is 9.78 Å². The van der Waals surface area contributed by atoms with E-state index >= 15 is 0 Å². The van der Waals surface area contributed by atoms with Crippen LogP contribution in [0.25, 0.3) is 5.69 Å². The number of ether oxygens (including phenoxy) is 1. The van der Waals surface area contributed by atoms with Crippen molar-refractivity contribution < 1.29 is 4.74 Å². The summed E-state index contributed by atoms with van der Waals surface area (Å²) in [6, 6.07) is 8.42. The van der Waals surface area contributed by atoms with E-state index in [-0.39, 0.29) is 16.6 Å². The molecule has 2 heterocycles. The van der Waals surface area contributed by atoms with Crippen LogP contribution in [0.5, 0.6) is 0 Å². The number of rotatable bonds is 4. The maximum absolute atomic E-state index is 12.7. The Balaban J connectivity index is 1.55. The van der Waals surface area contributed by atoms with Crippen LogP contribution in [-0.2, 0) is 4.74 Å². The highest BCUT2D eigenvalue weighted by Crippen LogP contribution is 2.34. The maximum Gasteiger partial charge on any atom is 0.292 e. The summed E-state index contributed by atoms with van der Waals surface area (Å²) in [6.45, 7) is 1.46. The third-order valence-corrected chi connectivity index (χ3v) is 5.83. The van der Waals surface area contributed by atoms with Crippen LogP contribution in [0.3, 0.4) is 0 Å². The number of halogens is 1. The quantitative estimate of drug-likeness (QED) is 0.875. The lowest BCUT2D eigenvalue weighted by atomic mass is 9.98. The summed E-state index contributed by atoms with van der Waals surface area (Å²) >= 11 is 6.34. The molecule has 2 aromatic rings. The van der Waals surface area contributed by atoms with Crippen LogP contribution in [0.1, 0.15) is 50.0 Å². The molecule has 6 heteroatoms. The van der Waals surface area contributed by atoms with Gasteiger partial charge >= 0.3 is 0 Å². The van der Waals surface area contributed by atoms with Gasteiger partial charge in [-0.1, -0.05) is 36.6 Å². The van der Waals surface area contributed by atoms with Gasteiger partial charge in [0.2, 0.25) is 0 Å². The van der Waals surface area contributed by atoms with E-state index < -0.39 is 0 Å². The summed E-state index contributed by atoms with van der Waals surface area (Å²) in [5.41, 5.74) is 2.40. The minimum absolute atomic E-state index is 0.186. The Hall–Kier alpha value is -1.85. The van der Waals surface area contributed by atoms with E-state index in [9.17, 15) is 4.79 Å². The Labute approximate surface area is 158 Å². The van der Waals surface area contributed by atoms with Gasteiger partial charge in [0.25, 0.3) is 5.56 Å². The Bertz CT molecular complexity index is 807. The molecule has 1 saturated heterocycles. The fourth-order valence-corrected chi connectivity index (χ4v) is 4.11. The van der Waals surface area contributed by atoms with Crippen LogP contribution in [0, 0.1) is 0 Å². The smallest absolute Gasteiger partial charge is 0.292 e. The van der Waals surface area contributed by atoms with E-state index in [0.717, 1.165) is 31.7 Å². The molecule has 0 unspecified atom stereocenters. The molecule has 1 saturated carbocycles. The number of aromatic nitrogens is 2. The zero-order valence-electron chi connectivity index (χ0n) is 14.8. The summed E-state index contributed by atoms with van der Waals surface area (Å²) in [5, 5.41) is 7.84. The van der Waals surface area contributed by atoms with Crippen molar-refractivity contribution in [2.24, 2.45) is 0 Å². The molecule has 1 N–H and O–H groups in total. The van der Waals surface area contributed by atoms with Crippen molar-refractivity contribution in [2.45, 2.75) is 50.5 Å². The summed E-state index contributed by atoms with van der Waals surface area (Å²) in [4.78, 5) is 12.7. The van der Waals surface area contributed by atoms with Crippen molar-refractivity contribution in [3.63, 3.8) is 0 Å². The van der Waals surface area contributed by atoms with E-state index in [0.29, 0.717) is 11.6 Å². The van der Waals surface area contributed by atoms with Gasteiger partial charge in [0.15, 0.2) is 0 Å². The molecule has 1 aromatic carbocycles. The van der Waals surface area contributed by atoms with Gasteiger partial charge in [-0.05, 0) is 49.3 Å². The number of benzene rings is 1. The van der Waals surface area contributed by atoms with Gasteiger partial charge < -0.3 is 10.1 Å². The van der Waals surface area contributed by atoms with Crippen molar-refractivity contribution in [3.05, 3.63) is 51.4 Å². The Morgan fingerprint density at radius 1 is 1.08 bits per heavy atom. The Morgan fingerprint density at radius 2 is 1.77 bits per heavy atom. The Kier molecular flexibility index (Phi) is 5.27. The second-order valence-corrected chi connectivity index (χ2v) is 7.57. The molecule has 2 fully saturated rings. The summed E-state index contributed by atoms with van der Waals surface area (Å²) < 4.78 is 6.73. The number of anilines is 1. The predicted octanol–water partition coefficient (Wildman–Crippen LogP) is 4.13. The first kappa shape index (κ1) is 17.6. The molecule has 2 aliphatic rings. The number of nitrogens with one attached hydrogen (secondary N) is 1. The van der Waals surface area contributed by atoms with Crippen molar-refractivity contribution in [1.29, 1.82) is 0 Å². The fourth-order valence-electron chi connectivity index (χ4n) is 3.93. The molecular weight excluding hydrogens is 350 g/mol. The predicted molar refractivity (Wildman–Crippen MR) is 104 cm³/mol.